The quantitative estimate of drug-likeness (QED) is 0.306. The number of carbonyl (C=O) groups excluding carboxylic acids is 1. The van der Waals surface area contributed by atoms with Gasteiger partial charge in [0.05, 0.1) is 29.7 Å². The molecule has 37 heavy (non-hydrogen) atoms. The second-order valence-electron chi connectivity index (χ2n) is 8.67. The van der Waals surface area contributed by atoms with E-state index in [4.69, 9.17) is 13.8 Å². The SMILES string of the molecule is [2H]C([2H])([2H])N(C)CCN(C)c1cc(OC)c(Nc2nccc(-n3cc(C)c4ccccc43)n2)cc1NC(=O)C=C. The van der Waals surface area contributed by atoms with E-state index in [0.29, 0.717) is 41.1 Å². The van der Waals surface area contributed by atoms with Gasteiger partial charge in [-0.15, -0.1) is 0 Å². The van der Waals surface area contributed by atoms with Crippen molar-refractivity contribution < 1.29 is 13.6 Å². The summed E-state index contributed by atoms with van der Waals surface area (Å²) in [5.41, 5.74) is 3.83. The first-order valence-corrected chi connectivity index (χ1v) is 11.8. The predicted octanol–water partition coefficient (Wildman–Crippen LogP) is 4.60. The van der Waals surface area contributed by atoms with Crippen LogP contribution in [0, 0.1) is 6.92 Å². The Morgan fingerprint density at radius 2 is 2.03 bits per heavy atom. The summed E-state index contributed by atoms with van der Waals surface area (Å²) in [7, 11) is 4.90. The molecule has 0 radical (unpaired) electrons. The van der Waals surface area contributed by atoms with Gasteiger partial charge in [-0.3, -0.25) is 4.79 Å². The van der Waals surface area contributed by atoms with Crippen LogP contribution in [0.25, 0.3) is 16.7 Å². The zero-order valence-corrected chi connectivity index (χ0v) is 21.4. The van der Waals surface area contributed by atoms with Crippen molar-refractivity contribution in [3.8, 4) is 11.6 Å². The van der Waals surface area contributed by atoms with Crippen molar-refractivity contribution in [2.45, 2.75) is 6.92 Å². The Morgan fingerprint density at radius 1 is 1.22 bits per heavy atom. The lowest BCUT2D eigenvalue weighted by molar-refractivity contribution is -0.111. The average molecular weight is 503 g/mol. The van der Waals surface area contributed by atoms with E-state index in [-0.39, 0.29) is 6.54 Å². The minimum atomic E-state index is -2.20. The van der Waals surface area contributed by atoms with Gasteiger partial charge in [-0.25, -0.2) is 4.98 Å². The number of benzene rings is 2. The molecule has 0 fully saturated rings. The second kappa shape index (κ2) is 11.1. The van der Waals surface area contributed by atoms with Gasteiger partial charge in [0.15, 0.2) is 0 Å². The summed E-state index contributed by atoms with van der Waals surface area (Å²) in [6.07, 6.45) is 4.89. The number of likely N-dealkylation sites (N-methyl/N-ethyl adjacent to an activating group) is 2. The topological polar surface area (TPSA) is 87.6 Å². The molecule has 2 aromatic heterocycles. The number of para-hydroxylation sites is 1. The molecule has 2 aromatic carbocycles. The highest BCUT2D eigenvalue weighted by molar-refractivity contribution is 6.02. The van der Waals surface area contributed by atoms with E-state index in [9.17, 15) is 4.79 Å². The van der Waals surface area contributed by atoms with Crippen LogP contribution in [-0.4, -0.2) is 66.6 Å². The summed E-state index contributed by atoms with van der Waals surface area (Å²) in [5, 5.41) is 7.19. The van der Waals surface area contributed by atoms with E-state index in [1.54, 1.807) is 32.5 Å². The molecule has 0 unspecified atom stereocenters. The van der Waals surface area contributed by atoms with Gasteiger partial charge in [-0.2, -0.15) is 4.98 Å². The van der Waals surface area contributed by atoms with Crippen LogP contribution in [0.1, 0.15) is 9.68 Å². The Labute approximate surface area is 221 Å². The fourth-order valence-corrected chi connectivity index (χ4v) is 4.06. The fraction of sp³-hybridized carbons (Fsp3) is 0.250. The van der Waals surface area contributed by atoms with Crippen molar-refractivity contribution in [3.63, 3.8) is 0 Å². The monoisotopic (exact) mass is 502 g/mol. The maximum atomic E-state index is 12.3. The zero-order chi connectivity index (χ0) is 29.0. The Morgan fingerprint density at radius 3 is 2.78 bits per heavy atom. The normalized spacial score (nSPS) is 12.5. The van der Waals surface area contributed by atoms with Crippen molar-refractivity contribution in [3.05, 3.63) is 73.1 Å². The minimum Gasteiger partial charge on any atom is -0.494 e. The van der Waals surface area contributed by atoms with Crippen molar-refractivity contribution in [2.24, 2.45) is 0 Å². The van der Waals surface area contributed by atoms with Crippen LogP contribution in [0.15, 0.2) is 67.5 Å². The number of fused-ring (bicyclic) bond motifs is 1. The van der Waals surface area contributed by atoms with Gasteiger partial charge < -0.3 is 29.7 Å². The Balaban J connectivity index is 1.67. The molecule has 2 N–H and O–H groups in total. The van der Waals surface area contributed by atoms with Crippen LogP contribution in [0.4, 0.5) is 23.0 Å². The first-order valence-electron chi connectivity index (χ1n) is 13.3. The van der Waals surface area contributed by atoms with Crippen LogP contribution in [0.3, 0.4) is 0 Å². The lowest BCUT2D eigenvalue weighted by atomic mass is 10.2. The van der Waals surface area contributed by atoms with E-state index in [2.05, 4.69) is 35.2 Å². The number of hydrogen-bond acceptors (Lipinski definition) is 7. The molecule has 9 nitrogen and oxygen atoms in total. The molecule has 0 atom stereocenters. The van der Waals surface area contributed by atoms with Gasteiger partial charge in [0, 0.05) is 48.1 Å². The number of amides is 1. The first kappa shape index (κ1) is 21.9. The lowest BCUT2D eigenvalue weighted by Gasteiger charge is -2.26. The number of aromatic nitrogens is 3. The van der Waals surface area contributed by atoms with E-state index in [1.807, 2.05) is 47.0 Å². The van der Waals surface area contributed by atoms with Crippen molar-refractivity contribution in [2.75, 3.05) is 56.8 Å². The summed E-state index contributed by atoms with van der Waals surface area (Å²) in [6, 6.07) is 13.4. The molecule has 192 valence electrons. The number of hydrogen-bond donors (Lipinski definition) is 2. The van der Waals surface area contributed by atoms with Gasteiger partial charge in [0.25, 0.3) is 0 Å². The smallest absolute Gasteiger partial charge is 0.247 e. The largest absolute Gasteiger partial charge is 0.494 e. The molecule has 0 saturated heterocycles. The molecule has 0 saturated carbocycles. The van der Waals surface area contributed by atoms with Gasteiger partial charge >= 0.3 is 0 Å². The number of anilines is 4. The Bertz CT molecular complexity index is 1530. The molecule has 0 spiro atoms. The summed E-state index contributed by atoms with van der Waals surface area (Å²) in [6.45, 7) is 4.06. The van der Waals surface area contributed by atoms with Crippen LogP contribution in [0.5, 0.6) is 5.75 Å². The van der Waals surface area contributed by atoms with Crippen molar-refractivity contribution in [1.82, 2.24) is 19.4 Å². The van der Waals surface area contributed by atoms with Crippen LogP contribution in [0.2, 0.25) is 0 Å². The highest BCUT2D eigenvalue weighted by Crippen LogP contribution is 2.38. The number of methoxy groups -OCH3 is 1. The standard InChI is InChI=1S/C28H33N7O2/c1-7-27(36)30-21-16-22(25(37-6)17-24(21)34(5)15-14-33(3)4)31-28-29-13-12-26(32-28)35-18-19(2)20-10-8-9-11-23(20)35/h7-13,16-18H,1,14-15H2,2-6H3,(H,30,36)(H,29,31,32)/i3D3. The maximum Gasteiger partial charge on any atom is 0.247 e. The molecule has 0 aliphatic heterocycles. The summed E-state index contributed by atoms with van der Waals surface area (Å²) in [5.74, 6) is 1.13. The van der Waals surface area contributed by atoms with Gasteiger partial charge in [-0.05, 0) is 50.8 Å². The second-order valence-corrected chi connectivity index (χ2v) is 8.67. The zero-order valence-electron chi connectivity index (χ0n) is 24.4. The number of carbonyl (C=O) groups is 1. The summed E-state index contributed by atoms with van der Waals surface area (Å²) in [4.78, 5) is 24.5. The van der Waals surface area contributed by atoms with Gasteiger partial charge in [0.1, 0.15) is 11.6 Å². The van der Waals surface area contributed by atoms with Crippen LogP contribution in [-0.2, 0) is 4.79 Å². The third-order valence-corrected chi connectivity index (χ3v) is 5.99. The van der Waals surface area contributed by atoms with Crippen molar-refractivity contribution >= 4 is 39.8 Å². The van der Waals surface area contributed by atoms with Gasteiger partial charge in [-0.1, -0.05) is 24.8 Å². The number of nitrogens with one attached hydrogen (secondary N) is 2. The Hall–Kier alpha value is -4.37. The highest BCUT2D eigenvalue weighted by Gasteiger charge is 2.17. The molecule has 4 rings (SSSR count). The maximum absolute atomic E-state index is 12.3. The molecule has 9 heteroatoms. The lowest BCUT2D eigenvalue weighted by Crippen LogP contribution is -2.29. The molecule has 2 heterocycles. The third kappa shape index (κ3) is 5.73. The predicted molar refractivity (Wildman–Crippen MR) is 151 cm³/mol. The summed E-state index contributed by atoms with van der Waals surface area (Å²) >= 11 is 0. The number of ether oxygens (including phenoxy) is 1. The number of nitrogens with zero attached hydrogens (tertiary/aromatic N) is 5. The van der Waals surface area contributed by atoms with Gasteiger partial charge in [0.2, 0.25) is 11.9 Å². The number of aryl methyl sites for hydroxylation is 1. The average Bonchev–Trinajstić information content (AvgIpc) is 3.27. The molecule has 0 bridgehead atoms. The molecule has 1 amide bonds. The minimum absolute atomic E-state index is 0.276. The Kier molecular flexibility index (Phi) is 6.58. The first-order chi connectivity index (χ1) is 19.0. The van der Waals surface area contributed by atoms with Crippen LogP contribution < -0.4 is 20.3 Å². The fourth-order valence-electron chi connectivity index (χ4n) is 4.06. The molecular formula is C28H33N7O2. The molecular weight excluding hydrogens is 466 g/mol. The van der Waals surface area contributed by atoms with E-state index in [0.717, 1.165) is 16.5 Å². The van der Waals surface area contributed by atoms with Crippen molar-refractivity contribution in [1.29, 1.82) is 0 Å². The highest BCUT2D eigenvalue weighted by atomic mass is 16.5. The number of rotatable bonds is 10. The van der Waals surface area contributed by atoms with E-state index >= 15 is 0 Å². The molecule has 4 aromatic rings. The molecule has 0 aliphatic carbocycles. The van der Waals surface area contributed by atoms with E-state index in [1.165, 1.54) is 11.0 Å². The summed E-state index contributed by atoms with van der Waals surface area (Å²) < 4.78 is 30.4. The van der Waals surface area contributed by atoms with Crippen LogP contribution >= 0.6 is 0 Å². The van der Waals surface area contributed by atoms with E-state index < -0.39 is 12.9 Å². The molecule has 0 aliphatic rings. The third-order valence-electron chi connectivity index (χ3n) is 5.99.